The Morgan fingerprint density at radius 2 is 2.07 bits per heavy atom. The zero-order chi connectivity index (χ0) is 10.7. The van der Waals surface area contributed by atoms with E-state index in [9.17, 15) is 5.11 Å². The first-order chi connectivity index (χ1) is 6.52. The highest BCUT2D eigenvalue weighted by Crippen LogP contribution is 2.45. The van der Waals surface area contributed by atoms with Gasteiger partial charge in [0.15, 0.2) is 0 Å². The molecule has 0 radical (unpaired) electrons. The van der Waals surface area contributed by atoms with Crippen molar-refractivity contribution < 1.29 is 9.84 Å². The molecule has 0 heterocycles. The van der Waals surface area contributed by atoms with E-state index in [1.54, 1.807) is 7.11 Å². The molecule has 0 aromatic heterocycles. The average Bonchev–Trinajstić information content (AvgIpc) is 2.36. The van der Waals surface area contributed by atoms with Crippen molar-refractivity contribution in [3.8, 4) is 0 Å². The maximum Gasteiger partial charge on any atom is 0.0822 e. The number of nitrogens with one attached hydrogen (secondary N) is 1. The summed E-state index contributed by atoms with van der Waals surface area (Å²) < 4.78 is 4.95. The molecule has 1 aliphatic carbocycles. The molecule has 1 fully saturated rings. The average molecular weight is 201 g/mol. The Hall–Kier alpha value is -0.120. The smallest absolute Gasteiger partial charge is 0.0822 e. The summed E-state index contributed by atoms with van der Waals surface area (Å²) in [6, 6.07) is 0. The van der Waals surface area contributed by atoms with Crippen LogP contribution in [0.5, 0.6) is 0 Å². The van der Waals surface area contributed by atoms with Crippen LogP contribution in [0, 0.1) is 5.41 Å². The summed E-state index contributed by atoms with van der Waals surface area (Å²) >= 11 is 0. The Kier molecular flexibility index (Phi) is 3.93. The van der Waals surface area contributed by atoms with E-state index in [-0.39, 0.29) is 5.41 Å². The lowest BCUT2D eigenvalue weighted by molar-refractivity contribution is -0.0413. The molecule has 1 aliphatic rings. The highest BCUT2D eigenvalue weighted by atomic mass is 16.5. The summed E-state index contributed by atoms with van der Waals surface area (Å²) in [5.74, 6) is 0. The zero-order valence-corrected chi connectivity index (χ0v) is 9.60. The monoisotopic (exact) mass is 201 g/mol. The molecule has 1 atom stereocenters. The SMILES string of the molecule is COCCNCC1(O)CCCC1(C)C. The van der Waals surface area contributed by atoms with Gasteiger partial charge in [-0.05, 0) is 24.7 Å². The Labute approximate surface area is 86.8 Å². The fourth-order valence-corrected chi connectivity index (χ4v) is 2.19. The van der Waals surface area contributed by atoms with Gasteiger partial charge >= 0.3 is 0 Å². The third-order valence-corrected chi connectivity index (χ3v) is 3.55. The summed E-state index contributed by atoms with van der Waals surface area (Å²) in [6.07, 6.45) is 3.17. The first-order valence-corrected chi connectivity index (χ1v) is 5.44. The summed E-state index contributed by atoms with van der Waals surface area (Å²) in [5.41, 5.74) is -0.478. The number of hydrogen-bond acceptors (Lipinski definition) is 3. The van der Waals surface area contributed by atoms with Crippen molar-refractivity contribution in [3.63, 3.8) is 0 Å². The molecule has 2 N–H and O–H groups in total. The number of ether oxygens (including phenoxy) is 1. The van der Waals surface area contributed by atoms with Crippen LogP contribution in [-0.2, 0) is 4.74 Å². The van der Waals surface area contributed by atoms with Gasteiger partial charge in [-0.15, -0.1) is 0 Å². The van der Waals surface area contributed by atoms with E-state index in [1.807, 2.05) is 0 Å². The van der Waals surface area contributed by atoms with Crippen molar-refractivity contribution in [1.29, 1.82) is 0 Å². The zero-order valence-electron chi connectivity index (χ0n) is 9.60. The third kappa shape index (κ3) is 2.47. The lowest BCUT2D eigenvalue weighted by atomic mass is 9.78. The summed E-state index contributed by atoms with van der Waals surface area (Å²) in [6.45, 7) is 6.50. The van der Waals surface area contributed by atoms with Gasteiger partial charge in [-0.2, -0.15) is 0 Å². The molecular weight excluding hydrogens is 178 g/mol. The van der Waals surface area contributed by atoms with Crippen LogP contribution in [0.2, 0.25) is 0 Å². The van der Waals surface area contributed by atoms with Crippen LogP contribution in [-0.4, -0.2) is 37.5 Å². The van der Waals surface area contributed by atoms with Crippen molar-refractivity contribution in [3.05, 3.63) is 0 Å². The first-order valence-electron chi connectivity index (χ1n) is 5.44. The van der Waals surface area contributed by atoms with Gasteiger partial charge in [0.1, 0.15) is 0 Å². The van der Waals surface area contributed by atoms with Crippen LogP contribution in [0.15, 0.2) is 0 Å². The predicted molar refractivity (Wildman–Crippen MR) is 57.3 cm³/mol. The van der Waals surface area contributed by atoms with E-state index in [2.05, 4.69) is 19.2 Å². The number of methoxy groups -OCH3 is 1. The molecule has 1 rings (SSSR count). The van der Waals surface area contributed by atoms with E-state index < -0.39 is 5.60 Å². The summed E-state index contributed by atoms with van der Waals surface area (Å²) in [5, 5.41) is 13.7. The minimum absolute atomic E-state index is 0.0487. The fraction of sp³-hybridized carbons (Fsp3) is 1.00. The van der Waals surface area contributed by atoms with Crippen molar-refractivity contribution in [1.82, 2.24) is 5.32 Å². The molecule has 0 aromatic rings. The van der Waals surface area contributed by atoms with Crippen molar-refractivity contribution in [2.24, 2.45) is 5.41 Å². The maximum atomic E-state index is 10.4. The lowest BCUT2D eigenvalue weighted by Crippen LogP contribution is -2.48. The number of aliphatic hydroxyl groups is 1. The standard InChI is InChI=1S/C11H23NO2/c1-10(2)5-4-6-11(10,13)9-12-7-8-14-3/h12-13H,4-9H2,1-3H3. The van der Waals surface area contributed by atoms with Crippen LogP contribution in [0.1, 0.15) is 33.1 Å². The highest BCUT2D eigenvalue weighted by molar-refractivity contribution is 4.99. The Balaban J connectivity index is 2.34. The highest BCUT2D eigenvalue weighted by Gasteiger charge is 2.46. The second-order valence-corrected chi connectivity index (χ2v) is 4.94. The molecule has 1 saturated carbocycles. The second kappa shape index (κ2) is 4.60. The molecule has 0 aromatic carbocycles. The quantitative estimate of drug-likeness (QED) is 0.656. The molecule has 0 aliphatic heterocycles. The van der Waals surface area contributed by atoms with E-state index in [0.717, 1.165) is 25.8 Å². The van der Waals surface area contributed by atoms with Gasteiger partial charge in [-0.3, -0.25) is 0 Å². The topological polar surface area (TPSA) is 41.5 Å². The van der Waals surface area contributed by atoms with E-state index in [0.29, 0.717) is 13.2 Å². The van der Waals surface area contributed by atoms with Gasteiger partial charge in [0.25, 0.3) is 0 Å². The number of rotatable bonds is 5. The van der Waals surface area contributed by atoms with Gasteiger partial charge < -0.3 is 15.2 Å². The minimum Gasteiger partial charge on any atom is -0.388 e. The summed E-state index contributed by atoms with van der Waals surface area (Å²) in [7, 11) is 1.69. The molecule has 3 nitrogen and oxygen atoms in total. The molecule has 1 unspecified atom stereocenters. The molecule has 0 spiro atoms. The lowest BCUT2D eigenvalue weighted by Gasteiger charge is -2.37. The summed E-state index contributed by atoms with van der Waals surface area (Å²) in [4.78, 5) is 0. The molecule has 84 valence electrons. The molecule has 3 heteroatoms. The normalized spacial score (nSPS) is 30.9. The van der Waals surface area contributed by atoms with Crippen LogP contribution < -0.4 is 5.32 Å². The Morgan fingerprint density at radius 1 is 1.36 bits per heavy atom. The van der Waals surface area contributed by atoms with Crippen molar-refractivity contribution in [2.45, 2.75) is 38.7 Å². The second-order valence-electron chi connectivity index (χ2n) is 4.94. The van der Waals surface area contributed by atoms with Gasteiger partial charge in [0.05, 0.1) is 12.2 Å². The van der Waals surface area contributed by atoms with Crippen molar-refractivity contribution >= 4 is 0 Å². The van der Waals surface area contributed by atoms with Crippen LogP contribution in [0.4, 0.5) is 0 Å². The van der Waals surface area contributed by atoms with Gasteiger partial charge in [-0.25, -0.2) is 0 Å². The van der Waals surface area contributed by atoms with Crippen LogP contribution >= 0.6 is 0 Å². The molecule has 0 saturated heterocycles. The first kappa shape index (κ1) is 12.0. The van der Waals surface area contributed by atoms with Gasteiger partial charge in [0, 0.05) is 20.2 Å². The van der Waals surface area contributed by atoms with E-state index >= 15 is 0 Å². The predicted octanol–water partition coefficient (Wildman–Crippen LogP) is 1.16. The van der Waals surface area contributed by atoms with Gasteiger partial charge in [0.2, 0.25) is 0 Å². The Morgan fingerprint density at radius 3 is 2.57 bits per heavy atom. The maximum absolute atomic E-state index is 10.4. The fourth-order valence-electron chi connectivity index (χ4n) is 2.19. The molecular formula is C11H23NO2. The van der Waals surface area contributed by atoms with Crippen LogP contribution in [0.25, 0.3) is 0 Å². The number of hydrogen-bond donors (Lipinski definition) is 2. The van der Waals surface area contributed by atoms with Crippen molar-refractivity contribution in [2.75, 3.05) is 26.8 Å². The molecule has 0 amide bonds. The van der Waals surface area contributed by atoms with E-state index in [4.69, 9.17) is 4.74 Å². The largest absolute Gasteiger partial charge is 0.388 e. The third-order valence-electron chi connectivity index (χ3n) is 3.55. The van der Waals surface area contributed by atoms with Gasteiger partial charge in [-0.1, -0.05) is 13.8 Å². The molecule has 0 bridgehead atoms. The molecule has 14 heavy (non-hydrogen) atoms. The Bertz CT molecular complexity index is 182. The minimum atomic E-state index is -0.527. The van der Waals surface area contributed by atoms with Crippen LogP contribution in [0.3, 0.4) is 0 Å². The van der Waals surface area contributed by atoms with E-state index in [1.165, 1.54) is 0 Å².